The summed E-state index contributed by atoms with van der Waals surface area (Å²) in [6, 6.07) is 0. The van der Waals surface area contributed by atoms with Gasteiger partial charge in [0.25, 0.3) is 0 Å². The van der Waals surface area contributed by atoms with Crippen molar-refractivity contribution in [2.75, 3.05) is 6.26 Å². The molecule has 0 aliphatic rings. The van der Waals surface area contributed by atoms with Gasteiger partial charge in [0, 0.05) is 17.9 Å². The third kappa shape index (κ3) is 2.18. The van der Waals surface area contributed by atoms with E-state index in [1.807, 2.05) is 6.26 Å². The molecular formula is C5H7BN2O2S. The van der Waals surface area contributed by atoms with Crippen LogP contribution in [0.15, 0.2) is 17.6 Å². The Morgan fingerprint density at radius 1 is 1.36 bits per heavy atom. The Labute approximate surface area is 68.8 Å². The highest BCUT2D eigenvalue weighted by Crippen LogP contribution is 2.03. The van der Waals surface area contributed by atoms with Crippen molar-refractivity contribution in [2.24, 2.45) is 0 Å². The average Bonchev–Trinajstić information content (AvgIpc) is 2.05. The molecule has 0 atom stereocenters. The lowest BCUT2D eigenvalue weighted by Crippen LogP contribution is -2.30. The lowest BCUT2D eigenvalue weighted by Gasteiger charge is -1.97. The Bertz CT molecular complexity index is 228. The summed E-state index contributed by atoms with van der Waals surface area (Å²) in [5, 5.41) is 17.9. The molecule has 0 unspecified atom stereocenters. The van der Waals surface area contributed by atoms with Crippen molar-refractivity contribution in [3.05, 3.63) is 12.4 Å². The monoisotopic (exact) mass is 170 g/mol. The van der Waals surface area contributed by atoms with Crippen molar-refractivity contribution in [1.82, 2.24) is 9.97 Å². The van der Waals surface area contributed by atoms with Gasteiger partial charge in [0.05, 0.1) is 0 Å². The first kappa shape index (κ1) is 8.51. The fourth-order valence-electron chi connectivity index (χ4n) is 0.565. The van der Waals surface area contributed by atoms with Gasteiger partial charge in [0.2, 0.25) is 0 Å². The van der Waals surface area contributed by atoms with Crippen LogP contribution in [-0.4, -0.2) is 33.4 Å². The van der Waals surface area contributed by atoms with Gasteiger partial charge >= 0.3 is 7.12 Å². The lowest BCUT2D eigenvalue weighted by atomic mass is 9.83. The number of hydrogen-bond donors (Lipinski definition) is 2. The minimum absolute atomic E-state index is 0.308. The highest BCUT2D eigenvalue weighted by Gasteiger charge is 2.10. The molecule has 0 saturated heterocycles. The molecule has 6 heteroatoms. The first-order chi connectivity index (χ1) is 5.24. The Hall–Kier alpha value is -0.585. The third-order valence-electron chi connectivity index (χ3n) is 1.13. The van der Waals surface area contributed by atoms with Crippen molar-refractivity contribution in [3.63, 3.8) is 0 Å². The topological polar surface area (TPSA) is 66.2 Å². The van der Waals surface area contributed by atoms with Crippen molar-refractivity contribution in [3.8, 4) is 0 Å². The molecule has 0 fully saturated rings. The van der Waals surface area contributed by atoms with E-state index >= 15 is 0 Å². The van der Waals surface area contributed by atoms with Crippen LogP contribution in [-0.2, 0) is 0 Å². The van der Waals surface area contributed by atoms with Crippen LogP contribution >= 0.6 is 11.8 Å². The van der Waals surface area contributed by atoms with Crippen LogP contribution in [0.2, 0.25) is 0 Å². The van der Waals surface area contributed by atoms with Gasteiger partial charge in [0.1, 0.15) is 0 Å². The molecule has 0 spiro atoms. The van der Waals surface area contributed by atoms with Gasteiger partial charge in [-0.3, -0.25) is 0 Å². The highest BCUT2D eigenvalue weighted by atomic mass is 32.2. The standard InChI is InChI=1S/C5H7BN2O2S/c1-11-5-7-2-4(3-8-5)6(9)10/h2-3,9-10H,1H3. The van der Waals surface area contributed by atoms with Crippen LogP contribution in [0.4, 0.5) is 0 Å². The zero-order chi connectivity index (χ0) is 8.27. The Morgan fingerprint density at radius 2 is 1.91 bits per heavy atom. The zero-order valence-corrected chi connectivity index (χ0v) is 6.75. The van der Waals surface area contributed by atoms with E-state index < -0.39 is 7.12 Å². The summed E-state index contributed by atoms with van der Waals surface area (Å²) in [5.41, 5.74) is 0.308. The second kappa shape index (κ2) is 3.70. The maximum atomic E-state index is 8.66. The molecule has 0 aromatic carbocycles. The van der Waals surface area contributed by atoms with Crippen molar-refractivity contribution < 1.29 is 10.0 Å². The Balaban J connectivity index is 2.83. The maximum Gasteiger partial charge on any atom is 0.491 e. The second-order valence-electron chi connectivity index (χ2n) is 1.88. The van der Waals surface area contributed by atoms with E-state index in [0.717, 1.165) is 0 Å². The van der Waals surface area contributed by atoms with Crippen LogP contribution in [0.5, 0.6) is 0 Å². The number of nitrogens with zero attached hydrogens (tertiary/aromatic N) is 2. The molecule has 0 amide bonds. The second-order valence-corrected chi connectivity index (χ2v) is 2.65. The molecule has 1 aromatic heterocycles. The molecule has 2 N–H and O–H groups in total. The molecule has 0 saturated carbocycles. The first-order valence-electron chi connectivity index (χ1n) is 2.96. The van der Waals surface area contributed by atoms with E-state index in [0.29, 0.717) is 10.6 Å². The van der Waals surface area contributed by atoms with Gasteiger partial charge in [-0.25, -0.2) is 9.97 Å². The first-order valence-corrected chi connectivity index (χ1v) is 4.18. The maximum absolute atomic E-state index is 8.66. The van der Waals surface area contributed by atoms with Gasteiger partial charge in [-0.15, -0.1) is 0 Å². The molecule has 0 aliphatic heterocycles. The van der Waals surface area contributed by atoms with Crippen molar-refractivity contribution >= 4 is 24.3 Å². The minimum Gasteiger partial charge on any atom is -0.423 e. The molecule has 0 radical (unpaired) electrons. The Kier molecular flexibility index (Phi) is 2.87. The molecule has 0 bridgehead atoms. The molecule has 4 nitrogen and oxygen atoms in total. The zero-order valence-electron chi connectivity index (χ0n) is 5.93. The quantitative estimate of drug-likeness (QED) is 0.334. The van der Waals surface area contributed by atoms with E-state index in [1.165, 1.54) is 24.2 Å². The highest BCUT2D eigenvalue weighted by molar-refractivity contribution is 7.98. The minimum atomic E-state index is -1.48. The number of aromatic nitrogens is 2. The Morgan fingerprint density at radius 3 is 2.27 bits per heavy atom. The molecule has 1 rings (SSSR count). The predicted molar refractivity (Wildman–Crippen MR) is 43.6 cm³/mol. The van der Waals surface area contributed by atoms with E-state index in [4.69, 9.17) is 10.0 Å². The van der Waals surface area contributed by atoms with Crippen molar-refractivity contribution in [2.45, 2.75) is 5.16 Å². The number of thioether (sulfide) groups is 1. The number of hydrogen-bond acceptors (Lipinski definition) is 5. The molecule has 1 aromatic rings. The van der Waals surface area contributed by atoms with Crippen LogP contribution < -0.4 is 5.46 Å². The van der Waals surface area contributed by atoms with E-state index in [1.54, 1.807) is 0 Å². The van der Waals surface area contributed by atoms with Crippen molar-refractivity contribution in [1.29, 1.82) is 0 Å². The summed E-state index contributed by atoms with van der Waals surface area (Å²) in [4.78, 5) is 7.70. The van der Waals surface area contributed by atoms with E-state index in [9.17, 15) is 0 Å². The van der Waals surface area contributed by atoms with Crippen LogP contribution in [0, 0.1) is 0 Å². The number of rotatable bonds is 2. The van der Waals surface area contributed by atoms with E-state index in [2.05, 4.69) is 9.97 Å². The normalized spacial score (nSPS) is 9.73. The summed E-state index contributed by atoms with van der Waals surface area (Å²) < 4.78 is 0. The fourth-order valence-corrected chi connectivity index (χ4v) is 0.881. The van der Waals surface area contributed by atoms with Gasteiger partial charge < -0.3 is 10.0 Å². The molecule has 1 heterocycles. The van der Waals surface area contributed by atoms with Crippen LogP contribution in [0.25, 0.3) is 0 Å². The van der Waals surface area contributed by atoms with Crippen LogP contribution in [0.1, 0.15) is 0 Å². The summed E-state index contributed by atoms with van der Waals surface area (Å²) in [5.74, 6) is 0. The SMILES string of the molecule is CSc1ncc(B(O)O)cn1. The third-order valence-corrected chi connectivity index (χ3v) is 1.70. The molecule has 58 valence electrons. The summed E-state index contributed by atoms with van der Waals surface area (Å²) >= 11 is 1.40. The van der Waals surface area contributed by atoms with Crippen LogP contribution in [0.3, 0.4) is 0 Å². The summed E-state index contributed by atoms with van der Waals surface area (Å²) in [6.45, 7) is 0. The van der Waals surface area contributed by atoms with Gasteiger partial charge in [-0.05, 0) is 6.26 Å². The fraction of sp³-hybridized carbons (Fsp3) is 0.200. The lowest BCUT2D eigenvalue weighted by molar-refractivity contribution is 0.425. The summed E-state index contributed by atoms with van der Waals surface area (Å²) in [6.07, 6.45) is 4.64. The molecule has 11 heavy (non-hydrogen) atoms. The smallest absolute Gasteiger partial charge is 0.423 e. The van der Waals surface area contributed by atoms with Gasteiger partial charge in [-0.2, -0.15) is 0 Å². The van der Waals surface area contributed by atoms with Gasteiger partial charge in [0.15, 0.2) is 5.16 Å². The van der Waals surface area contributed by atoms with E-state index in [-0.39, 0.29) is 0 Å². The average molecular weight is 170 g/mol. The predicted octanol–water partition coefficient (Wildman–Crippen LogP) is -1.12. The largest absolute Gasteiger partial charge is 0.491 e. The summed E-state index contributed by atoms with van der Waals surface area (Å²) in [7, 11) is -1.48. The van der Waals surface area contributed by atoms with Gasteiger partial charge in [-0.1, -0.05) is 11.8 Å². The molecular weight excluding hydrogens is 163 g/mol. The molecule has 0 aliphatic carbocycles.